The number of amidine groups is 1. The second-order valence-electron chi connectivity index (χ2n) is 4.85. The number of nitrogens with zero attached hydrogens (tertiary/aromatic N) is 1. The molecule has 1 aliphatic rings. The third-order valence-electron chi connectivity index (χ3n) is 3.37. The van der Waals surface area contributed by atoms with Crippen molar-refractivity contribution in [3.8, 4) is 0 Å². The highest BCUT2D eigenvalue weighted by Crippen LogP contribution is 2.18. The monoisotopic (exact) mass is 374 g/mol. The number of nitro benzene ring substituents is 1. The Morgan fingerprint density at radius 1 is 1.32 bits per heavy atom. The summed E-state index contributed by atoms with van der Waals surface area (Å²) in [4.78, 5) is 13.8. The van der Waals surface area contributed by atoms with E-state index in [-0.39, 0.29) is 10.6 Å². The Kier molecular flexibility index (Phi) is 4.73. The van der Waals surface area contributed by atoms with Crippen LogP contribution < -0.4 is 10.7 Å². The van der Waals surface area contributed by atoms with Gasteiger partial charge in [-0.25, -0.2) is 0 Å². The molecule has 102 valence electrons. The van der Waals surface area contributed by atoms with Gasteiger partial charge in [0, 0.05) is 15.7 Å². The number of hydrogen-bond acceptors (Lipinski definition) is 2. The van der Waals surface area contributed by atoms with Crippen molar-refractivity contribution in [2.45, 2.75) is 38.1 Å². The van der Waals surface area contributed by atoms with Crippen molar-refractivity contribution in [3.63, 3.8) is 0 Å². The topological polar surface area (TPSA) is 83.1 Å². The molecule has 0 unspecified atom stereocenters. The van der Waals surface area contributed by atoms with Gasteiger partial charge < -0.3 is 0 Å². The first-order chi connectivity index (χ1) is 9.06. The van der Waals surface area contributed by atoms with E-state index >= 15 is 0 Å². The molecular weight excluding hydrogens is 357 g/mol. The van der Waals surface area contributed by atoms with E-state index in [2.05, 4.69) is 27.6 Å². The van der Waals surface area contributed by atoms with Crippen LogP contribution in [0.3, 0.4) is 0 Å². The lowest BCUT2D eigenvalue weighted by atomic mass is 9.96. The highest BCUT2D eigenvalue weighted by atomic mass is 127. The lowest BCUT2D eigenvalue weighted by molar-refractivity contribution is -0.507. The summed E-state index contributed by atoms with van der Waals surface area (Å²) in [5.41, 5.74) is 6.82. The maximum Gasteiger partial charge on any atom is 0.273 e. The Bertz CT molecular complexity index is 511. The molecule has 1 aromatic carbocycles. The van der Waals surface area contributed by atoms with E-state index in [9.17, 15) is 10.1 Å². The molecule has 6 heteroatoms. The van der Waals surface area contributed by atoms with Crippen molar-refractivity contribution in [2.75, 3.05) is 0 Å². The molecule has 0 saturated heterocycles. The summed E-state index contributed by atoms with van der Waals surface area (Å²) in [5.74, 6) is 0.536. The van der Waals surface area contributed by atoms with Crippen molar-refractivity contribution in [3.05, 3.63) is 37.4 Å². The van der Waals surface area contributed by atoms with Gasteiger partial charge in [0.25, 0.3) is 11.5 Å². The van der Waals surface area contributed by atoms with Gasteiger partial charge in [-0.2, -0.15) is 0 Å². The van der Waals surface area contributed by atoms with E-state index in [1.54, 1.807) is 0 Å². The Balaban J connectivity index is 2.24. The predicted octanol–water partition coefficient (Wildman–Crippen LogP) is 1.32. The van der Waals surface area contributed by atoms with E-state index in [1.165, 1.54) is 31.4 Å². The van der Waals surface area contributed by atoms with Crippen LogP contribution in [0.5, 0.6) is 0 Å². The maximum atomic E-state index is 10.8. The number of nitrogens with one attached hydrogen (secondary N) is 1. The quantitative estimate of drug-likeness (QED) is 0.275. The van der Waals surface area contributed by atoms with E-state index < -0.39 is 0 Å². The molecule has 3 N–H and O–H groups in total. The van der Waals surface area contributed by atoms with Crippen LogP contribution in [-0.2, 0) is 0 Å². The highest BCUT2D eigenvalue weighted by molar-refractivity contribution is 14.1. The first kappa shape index (κ1) is 14.2. The van der Waals surface area contributed by atoms with E-state index in [0.717, 1.165) is 16.4 Å². The molecule has 5 nitrogen and oxygen atoms in total. The number of nitrogens with two attached hydrogens (primary N) is 1. The van der Waals surface area contributed by atoms with Crippen LogP contribution in [0, 0.1) is 13.7 Å². The first-order valence-electron chi connectivity index (χ1n) is 6.40. The summed E-state index contributed by atoms with van der Waals surface area (Å²) in [5, 5.41) is 10.8. The standard InChI is InChI=1S/C13H16IN3O2/c14-10-6-9(7-12(8-10)17(18)19)13(15)16-11-4-2-1-3-5-11/h6-8,11H,1-5H2,(H2,15,16)/p+1. The number of hydrogen-bond donors (Lipinski definition) is 2. The minimum atomic E-state index is -0.389. The van der Waals surface area contributed by atoms with Gasteiger partial charge in [0.1, 0.15) is 0 Å². The van der Waals surface area contributed by atoms with Gasteiger partial charge in [-0.15, -0.1) is 0 Å². The van der Waals surface area contributed by atoms with Gasteiger partial charge in [0.2, 0.25) is 0 Å². The number of rotatable bonds is 3. The van der Waals surface area contributed by atoms with Crippen molar-refractivity contribution in [1.29, 1.82) is 0 Å². The molecule has 1 aromatic rings. The third kappa shape index (κ3) is 3.89. The average molecular weight is 374 g/mol. The zero-order valence-corrected chi connectivity index (χ0v) is 12.7. The summed E-state index contributed by atoms with van der Waals surface area (Å²) >= 11 is 2.07. The molecule has 0 aliphatic heterocycles. The minimum absolute atomic E-state index is 0.0790. The Labute approximate surface area is 125 Å². The molecule has 1 aliphatic carbocycles. The van der Waals surface area contributed by atoms with Crippen LogP contribution in [-0.4, -0.2) is 16.8 Å². The molecule has 0 radical (unpaired) electrons. The van der Waals surface area contributed by atoms with E-state index in [0.29, 0.717) is 17.4 Å². The van der Waals surface area contributed by atoms with E-state index in [1.807, 2.05) is 6.07 Å². The molecular formula is C13H17IN3O2+. The van der Waals surface area contributed by atoms with Crippen molar-refractivity contribution in [1.82, 2.24) is 0 Å². The zero-order valence-electron chi connectivity index (χ0n) is 10.6. The van der Waals surface area contributed by atoms with Crippen LogP contribution in [0.1, 0.15) is 37.7 Å². The Hall–Kier alpha value is -1.18. The zero-order chi connectivity index (χ0) is 13.8. The molecule has 0 atom stereocenters. The van der Waals surface area contributed by atoms with Gasteiger partial charge >= 0.3 is 0 Å². The SMILES string of the molecule is NC(=[NH+]C1CCCCC1)c1cc(I)cc([N+](=O)[O-])c1. The largest absolute Gasteiger partial charge is 0.287 e. The molecule has 0 bridgehead atoms. The van der Waals surface area contributed by atoms with Gasteiger partial charge in [0.05, 0.1) is 16.5 Å². The molecule has 0 spiro atoms. The summed E-state index contributed by atoms with van der Waals surface area (Å²) in [6, 6.07) is 5.31. The van der Waals surface area contributed by atoms with Gasteiger partial charge in [-0.1, -0.05) is 6.42 Å². The van der Waals surface area contributed by atoms with Crippen LogP contribution in [0.15, 0.2) is 18.2 Å². The summed E-state index contributed by atoms with van der Waals surface area (Å²) in [6.45, 7) is 0. The highest BCUT2D eigenvalue weighted by Gasteiger charge is 2.18. The lowest BCUT2D eigenvalue weighted by Gasteiger charge is -2.16. The fraction of sp³-hybridized carbons (Fsp3) is 0.462. The van der Waals surface area contributed by atoms with E-state index in [4.69, 9.17) is 5.73 Å². The number of nitrogen functional groups attached to an aromatic ring is 1. The molecule has 0 heterocycles. The summed E-state index contributed by atoms with van der Waals surface area (Å²) in [6.07, 6.45) is 5.96. The van der Waals surface area contributed by atoms with Crippen LogP contribution in [0.4, 0.5) is 5.69 Å². The maximum absolute atomic E-state index is 10.8. The smallest absolute Gasteiger partial charge is 0.273 e. The molecule has 1 saturated carbocycles. The van der Waals surface area contributed by atoms with Crippen LogP contribution >= 0.6 is 22.6 Å². The molecule has 1 fully saturated rings. The number of halogens is 1. The average Bonchev–Trinajstić information content (AvgIpc) is 2.39. The Morgan fingerprint density at radius 2 is 2.00 bits per heavy atom. The van der Waals surface area contributed by atoms with Crippen LogP contribution in [0.2, 0.25) is 0 Å². The second-order valence-corrected chi connectivity index (χ2v) is 6.09. The lowest BCUT2D eigenvalue weighted by Crippen LogP contribution is -2.82. The molecule has 0 amide bonds. The van der Waals surface area contributed by atoms with Crippen molar-refractivity contribution >= 4 is 34.1 Å². The fourth-order valence-electron chi connectivity index (χ4n) is 2.39. The third-order valence-corrected chi connectivity index (χ3v) is 3.99. The van der Waals surface area contributed by atoms with Gasteiger partial charge in [0.15, 0.2) is 0 Å². The number of benzene rings is 1. The minimum Gasteiger partial charge on any atom is -0.287 e. The molecule has 0 aromatic heterocycles. The van der Waals surface area contributed by atoms with Crippen LogP contribution in [0.25, 0.3) is 0 Å². The predicted molar refractivity (Wildman–Crippen MR) is 81.9 cm³/mol. The normalized spacial score (nSPS) is 17.4. The summed E-state index contributed by atoms with van der Waals surface area (Å²) in [7, 11) is 0. The Morgan fingerprint density at radius 3 is 2.63 bits per heavy atom. The molecule has 2 rings (SSSR count). The fourth-order valence-corrected chi connectivity index (χ4v) is 3.04. The number of non-ortho nitro benzene ring substituents is 1. The van der Waals surface area contributed by atoms with Crippen molar-refractivity contribution < 1.29 is 9.92 Å². The number of nitro groups is 1. The second kappa shape index (κ2) is 6.31. The van der Waals surface area contributed by atoms with Crippen molar-refractivity contribution in [2.24, 2.45) is 5.73 Å². The first-order valence-corrected chi connectivity index (χ1v) is 7.48. The van der Waals surface area contributed by atoms with Gasteiger partial charge in [-0.05, 0) is 54.3 Å². The molecule has 19 heavy (non-hydrogen) atoms. The summed E-state index contributed by atoms with van der Waals surface area (Å²) < 4.78 is 0.815. The van der Waals surface area contributed by atoms with Gasteiger partial charge in [-0.3, -0.25) is 20.8 Å².